The molecule has 2 unspecified atom stereocenters. The van der Waals surface area contributed by atoms with Crippen LogP contribution >= 0.6 is 0 Å². The van der Waals surface area contributed by atoms with E-state index in [1.54, 1.807) is 31.2 Å². The lowest BCUT2D eigenvalue weighted by Gasteiger charge is -2.17. The first-order valence-corrected chi connectivity index (χ1v) is 8.75. The number of amides is 1. The van der Waals surface area contributed by atoms with E-state index in [0.717, 1.165) is 17.7 Å². The Labute approximate surface area is 154 Å². The van der Waals surface area contributed by atoms with Crippen LogP contribution in [0.4, 0.5) is 5.69 Å². The van der Waals surface area contributed by atoms with E-state index in [-0.39, 0.29) is 12.0 Å². The number of rotatable bonds is 7. The molecule has 0 aromatic heterocycles. The van der Waals surface area contributed by atoms with Crippen molar-refractivity contribution in [3.63, 3.8) is 0 Å². The lowest BCUT2D eigenvalue weighted by Crippen LogP contribution is -2.29. The number of carbonyl (C=O) groups is 2. The van der Waals surface area contributed by atoms with Crippen molar-refractivity contribution in [1.82, 2.24) is 0 Å². The summed E-state index contributed by atoms with van der Waals surface area (Å²) < 4.78 is 10.8. The predicted molar refractivity (Wildman–Crippen MR) is 102 cm³/mol. The molecule has 0 spiro atoms. The maximum Gasteiger partial charge on any atom is 0.347 e. The number of benzene rings is 2. The van der Waals surface area contributed by atoms with Crippen LogP contribution in [0.25, 0.3) is 0 Å². The van der Waals surface area contributed by atoms with E-state index >= 15 is 0 Å². The minimum absolute atomic E-state index is 0.138. The van der Waals surface area contributed by atoms with Gasteiger partial charge in [-0.25, -0.2) is 4.79 Å². The zero-order valence-electron chi connectivity index (χ0n) is 15.6. The third kappa shape index (κ3) is 5.34. The summed E-state index contributed by atoms with van der Waals surface area (Å²) in [4.78, 5) is 24.3. The van der Waals surface area contributed by atoms with Crippen molar-refractivity contribution < 1.29 is 19.1 Å². The molecule has 0 aliphatic heterocycles. The van der Waals surface area contributed by atoms with Crippen molar-refractivity contribution in [1.29, 1.82) is 0 Å². The highest BCUT2D eigenvalue weighted by atomic mass is 16.6. The summed E-state index contributed by atoms with van der Waals surface area (Å²) >= 11 is 0. The Morgan fingerprint density at radius 3 is 2.31 bits per heavy atom. The Kier molecular flexibility index (Phi) is 6.78. The van der Waals surface area contributed by atoms with Gasteiger partial charge >= 0.3 is 5.97 Å². The van der Waals surface area contributed by atoms with Gasteiger partial charge in [-0.3, -0.25) is 4.79 Å². The summed E-state index contributed by atoms with van der Waals surface area (Å²) in [6.45, 7) is 7.37. The standard InChI is InChI=1S/C21H25NO4/c1-5-15(3)25-21(24)16(4)26-18-12-10-17(11-13-18)20(23)22-19-9-7-6-8-14(19)2/h6-13,15-16H,5H2,1-4H3,(H,22,23). The lowest BCUT2D eigenvalue weighted by molar-refractivity contribution is -0.155. The van der Waals surface area contributed by atoms with Gasteiger partial charge in [0, 0.05) is 11.3 Å². The zero-order valence-corrected chi connectivity index (χ0v) is 15.6. The smallest absolute Gasteiger partial charge is 0.347 e. The van der Waals surface area contributed by atoms with Gasteiger partial charge in [0.25, 0.3) is 5.91 Å². The number of hydrogen-bond acceptors (Lipinski definition) is 4. The monoisotopic (exact) mass is 355 g/mol. The number of esters is 1. The molecular formula is C21H25NO4. The van der Waals surface area contributed by atoms with Gasteiger partial charge in [-0.1, -0.05) is 25.1 Å². The van der Waals surface area contributed by atoms with E-state index in [9.17, 15) is 9.59 Å². The van der Waals surface area contributed by atoms with E-state index in [1.807, 2.05) is 45.0 Å². The van der Waals surface area contributed by atoms with E-state index in [0.29, 0.717) is 11.3 Å². The molecule has 138 valence electrons. The van der Waals surface area contributed by atoms with Gasteiger partial charge in [0.05, 0.1) is 6.10 Å². The summed E-state index contributed by atoms with van der Waals surface area (Å²) in [6.07, 6.45) is -0.0971. The average Bonchev–Trinajstić information content (AvgIpc) is 2.63. The van der Waals surface area contributed by atoms with Gasteiger partial charge in [0.15, 0.2) is 6.10 Å². The highest BCUT2D eigenvalue weighted by molar-refractivity contribution is 6.04. The fraction of sp³-hybridized carbons (Fsp3) is 0.333. The average molecular weight is 355 g/mol. The molecule has 5 heteroatoms. The Balaban J connectivity index is 1.96. The van der Waals surface area contributed by atoms with Gasteiger partial charge in [0.2, 0.25) is 0 Å². The minimum Gasteiger partial charge on any atom is -0.479 e. The number of ether oxygens (including phenoxy) is 2. The summed E-state index contributed by atoms with van der Waals surface area (Å²) in [5, 5.41) is 2.88. The molecule has 2 rings (SSSR count). The van der Waals surface area contributed by atoms with Gasteiger partial charge < -0.3 is 14.8 Å². The fourth-order valence-corrected chi connectivity index (χ4v) is 2.22. The second kappa shape index (κ2) is 9.04. The molecule has 0 heterocycles. The lowest BCUT2D eigenvalue weighted by atomic mass is 10.1. The van der Waals surface area contributed by atoms with E-state index < -0.39 is 12.1 Å². The molecule has 0 saturated heterocycles. The highest BCUT2D eigenvalue weighted by Gasteiger charge is 2.18. The Hall–Kier alpha value is -2.82. The largest absolute Gasteiger partial charge is 0.479 e. The van der Waals surface area contributed by atoms with Crippen molar-refractivity contribution in [2.75, 3.05) is 5.32 Å². The first-order valence-electron chi connectivity index (χ1n) is 8.75. The summed E-state index contributed by atoms with van der Waals surface area (Å²) in [6, 6.07) is 14.2. The van der Waals surface area contributed by atoms with Crippen LogP contribution in [0.15, 0.2) is 48.5 Å². The van der Waals surface area contributed by atoms with Gasteiger partial charge in [-0.2, -0.15) is 0 Å². The van der Waals surface area contributed by atoms with Crippen molar-refractivity contribution in [2.45, 2.75) is 46.3 Å². The molecular weight excluding hydrogens is 330 g/mol. The van der Waals surface area contributed by atoms with Crippen molar-refractivity contribution in [3.8, 4) is 5.75 Å². The maximum atomic E-state index is 12.3. The molecule has 26 heavy (non-hydrogen) atoms. The summed E-state index contributed by atoms with van der Waals surface area (Å²) in [7, 11) is 0. The van der Waals surface area contributed by atoms with Crippen LogP contribution in [0.5, 0.6) is 5.75 Å². The van der Waals surface area contributed by atoms with Crippen molar-refractivity contribution in [3.05, 3.63) is 59.7 Å². The molecule has 1 amide bonds. The quantitative estimate of drug-likeness (QED) is 0.750. The van der Waals surface area contributed by atoms with Crippen LogP contribution in [-0.2, 0) is 9.53 Å². The number of carbonyl (C=O) groups excluding carboxylic acids is 2. The maximum absolute atomic E-state index is 12.3. The molecule has 2 aromatic rings. The van der Waals surface area contributed by atoms with Crippen molar-refractivity contribution in [2.24, 2.45) is 0 Å². The van der Waals surface area contributed by atoms with E-state index in [2.05, 4.69) is 5.32 Å². The number of aryl methyl sites for hydroxylation is 1. The van der Waals surface area contributed by atoms with Crippen LogP contribution < -0.4 is 10.1 Å². The molecule has 0 fully saturated rings. The predicted octanol–water partition coefficient (Wildman–Crippen LogP) is 4.36. The Bertz CT molecular complexity index is 755. The van der Waals surface area contributed by atoms with E-state index in [4.69, 9.17) is 9.47 Å². The first-order chi connectivity index (χ1) is 12.4. The summed E-state index contributed by atoms with van der Waals surface area (Å²) in [5.41, 5.74) is 2.28. The third-order valence-electron chi connectivity index (χ3n) is 4.05. The molecule has 0 bridgehead atoms. The summed E-state index contributed by atoms with van der Waals surface area (Å²) in [5.74, 6) is -0.0955. The zero-order chi connectivity index (χ0) is 19.1. The van der Waals surface area contributed by atoms with Crippen LogP contribution in [-0.4, -0.2) is 24.1 Å². The molecule has 5 nitrogen and oxygen atoms in total. The number of hydrogen-bond donors (Lipinski definition) is 1. The SMILES string of the molecule is CCC(C)OC(=O)C(C)Oc1ccc(C(=O)Nc2ccccc2C)cc1. The van der Waals surface area contributed by atoms with Crippen LogP contribution in [0.2, 0.25) is 0 Å². The van der Waals surface area contributed by atoms with Crippen LogP contribution in [0.1, 0.15) is 43.1 Å². The molecule has 0 aliphatic rings. The first kappa shape index (κ1) is 19.5. The number of nitrogens with one attached hydrogen (secondary N) is 1. The third-order valence-corrected chi connectivity index (χ3v) is 4.05. The number of para-hydroxylation sites is 1. The topological polar surface area (TPSA) is 64.6 Å². The Morgan fingerprint density at radius 2 is 1.69 bits per heavy atom. The Morgan fingerprint density at radius 1 is 1.04 bits per heavy atom. The second-order valence-corrected chi connectivity index (χ2v) is 6.21. The van der Waals surface area contributed by atoms with Crippen molar-refractivity contribution >= 4 is 17.6 Å². The molecule has 1 N–H and O–H groups in total. The molecule has 2 atom stereocenters. The minimum atomic E-state index is -0.712. The van der Waals surface area contributed by atoms with E-state index in [1.165, 1.54) is 0 Å². The van der Waals surface area contributed by atoms with Gasteiger partial charge in [-0.05, 0) is 63.1 Å². The number of anilines is 1. The van der Waals surface area contributed by atoms with Gasteiger partial charge in [0.1, 0.15) is 5.75 Å². The normalized spacial score (nSPS) is 12.8. The van der Waals surface area contributed by atoms with Gasteiger partial charge in [-0.15, -0.1) is 0 Å². The molecule has 2 aromatic carbocycles. The molecule has 0 radical (unpaired) electrons. The molecule has 0 aliphatic carbocycles. The van der Waals surface area contributed by atoms with Crippen LogP contribution in [0.3, 0.4) is 0 Å². The second-order valence-electron chi connectivity index (χ2n) is 6.21. The molecule has 0 saturated carbocycles. The van der Waals surface area contributed by atoms with Crippen LogP contribution in [0, 0.1) is 6.92 Å². The fourth-order valence-electron chi connectivity index (χ4n) is 2.22. The highest BCUT2D eigenvalue weighted by Crippen LogP contribution is 2.18.